The van der Waals surface area contributed by atoms with Gasteiger partial charge in [0, 0.05) is 18.9 Å². The summed E-state index contributed by atoms with van der Waals surface area (Å²) in [5.74, 6) is 0.666. The second kappa shape index (κ2) is 6.31. The lowest BCUT2D eigenvalue weighted by molar-refractivity contribution is 0.547. The summed E-state index contributed by atoms with van der Waals surface area (Å²) in [5, 5.41) is 3.41. The van der Waals surface area contributed by atoms with E-state index in [1.54, 1.807) is 6.20 Å². The molecule has 4 heteroatoms. The molecule has 0 aliphatic rings. The van der Waals surface area contributed by atoms with Crippen molar-refractivity contribution in [2.75, 3.05) is 6.54 Å². The maximum absolute atomic E-state index is 4.63. The van der Waals surface area contributed by atoms with Crippen molar-refractivity contribution in [3.05, 3.63) is 48.3 Å². The molecule has 2 rings (SSSR count). The molecule has 18 heavy (non-hydrogen) atoms. The van der Waals surface area contributed by atoms with Crippen LogP contribution in [0.25, 0.3) is 0 Å². The summed E-state index contributed by atoms with van der Waals surface area (Å²) in [6.07, 6.45) is 5.55. The molecule has 2 aromatic heterocycles. The number of hydrogen-bond acceptors (Lipinski definition) is 3. The van der Waals surface area contributed by atoms with E-state index in [4.69, 9.17) is 0 Å². The molecule has 0 saturated carbocycles. The van der Waals surface area contributed by atoms with E-state index >= 15 is 0 Å². The molecule has 0 aliphatic heterocycles. The topological polar surface area (TPSA) is 42.7 Å². The van der Waals surface area contributed by atoms with Crippen LogP contribution in [-0.2, 0) is 13.1 Å². The molecule has 0 fully saturated rings. The Kier molecular flexibility index (Phi) is 4.47. The largest absolute Gasteiger partial charge is 0.331 e. The maximum atomic E-state index is 4.63. The third kappa shape index (κ3) is 3.96. The van der Waals surface area contributed by atoms with Crippen LogP contribution < -0.4 is 5.32 Å². The quantitative estimate of drug-likeness (QED) is 0.846. The third-order valence-electron chi connectivity index (χ3n) is 2.63. The fraction of sp³-hybridized carbons (Fsp3) is 0.429. The van der Waals surface area contributed by atoms with E-state index in [9.17, 15) is 0 Å². The lowest BCUT2D eigenvalue weighted by atomic mass is 10.2. The van der Waals surface area contributed by atoms with Crippen LogP contribution >= 0.6 is 0 Å². The molecular formula is C14H20N4. The maximum Gasteiger partial charge on any atom is 0.0949 e. The summed E-state index contributed by atoms with van der Waals surface area (Å²) in [7, 11) is 0. The average Bonchev–Trinajstić information content (AvgIpc) is 2.82. The summed E-state index contributed by atoms with van der Waals surface area (Å²) in [5.41, 5.74) is 2.16. The Morgan fingerprint density at radius 3 is 2.83 bits per heavy atom. The van der Waals surface area contributed by atoms with Gasteiger partial charge in [0.25, 0.3) is 0 Å². The van der Waals surface area contributed by atoms with Crippen LogP contribution in [0.5, 0.6) is 0 Å². The van der Waals surface area contributed by atoms with E-state index < -0.39 is 0 Å². The molecule has 0 atom stereocenters. The van der Waals surface area contributed by atoms with Crippen LogP contribution in [0.1, 0.15) is 25.2 Å². The van der Waals surface area contributed by atoms with Gasteiger partial charge < -0.3 is 9.88 Å². The molecule has 2 heterocycles. The fourth-order valence-corrected chi connectivity index (χ4v) is 1.77. The van der Waals surface area contributed by atoms with Crippen LogP contribution in [0.3, 0.4) is 0 Å². The third-order valence-corrected chi connectivity index (χ3v) is 2.63. The van der Waals surface area contributed by atoms with Crippen molar-refractivity contribution in [1.29, 1.82) is 0 Å². The normalized spacial score (nSPS) is 11.1. The molecule has 0 bridgehead atoms. The first-order chi connectivity index (χ1) is 8.74. The highest BCUT2D eigenvalue weighted by atomic mass is 15.0. The van der Waals surface area contributed by atoms with E-state index in [0.717, 1.165) is 31.0 Å². The highest BCUT2D eigenvalue weighted by Crippen LogP contribution is 2.02. The summed E-state index contributed by atoms with van der Waals surface area (Å²) >= 11 is 0. The zero-order valence-corrected chi connectivity index (χ0v) is 11.0. The summed E-state index contributed by atoms with van der Waals surface area (Å²) in [6, 6.07) is 6.17. The SMILES string of the molecule is CC(C)CNCc1cccc(Cn2ccnc2)n1. The van der Waals surface area contributed by atoms with Crippen molar-refractivity contribution >= 4 is 0 Å². The number of imidazole rings is 1. The summed E-state index contributed by atoms with van der Waals surface area (Å²) in [6.45, 7) is 7.03. The first-order valence-electron chi connectivity index (χ1n) is 6.35. The van der Waals surface area contributed by atoms with Crippen molar-refractivity contribution in [2.24, 2.45) is 5.92 Å². The molecule has 0 aromatic carbocycles. The first-order valence-corrected chi connectivity index (χ1v) is 6.35. The predicted molar refractivity (Wildman–Crippen MR) is 72.1 cm³/mol. The molecule has 1 N–H and O–H groups in total. The highest BCUT2D eigenvalue weighted by Gasteiger charge is 2.00. The van der Waals surface area contributed by atoms with Gasteiger partial charge in [-0.05, 0) is 24.6 Å². The van der Waals surface area contributed by atoms with E-state index in [2.05, 4.69) is 41.3 Å². The number of aromatic nitrogens is 3. The number of nitrogens with one attached hydrogen (secondary N) is 1. The number of nitrogens with zero attached hydrogens (tertiary/aromatic N) is 3. The zero-order valence-electron chi connectivity index (χ0n) is 11.0. The second-order valence-corrected chi connectivity index (χ2v) is 4.88. The van der Waals surface area contributed by atoms with Gasteiger partial charge in [0.2, 0.25) is 0 Å². The number of hydrogen-bond donors (Lipinski definition) is 1. The predicted octanol–water partition coefficient (Wildman–Crippen LogP) is 2.07. The van der Waals surface area contributed by atoms with Crippen LogP contribution in [0.15, 0.2) is 36.9 Å². The van der Waals surface area contributed by atoms with E-state index in [1.807, 2.05) is 23.2 Å². The molecule has 2 aromatic rings. The van der Waals surface area contributed by atoms with Gasteiger partial charge in [-0.25, -0.2) is 4.98 Å². The van der Waals surface area contributed by atoms with Crippen LogP contribution in [0.2, 0.25) is 0 Å². The van der Waals surface area contributed by atoms with Gasteiger partial charge in [0.15, 0.2) is 0 Å². The Bertz CT molecular complexity index is 462. The molecule has 0 aliphatic carbocycles. The fourth-order valence-electron chi connectivity index (χ4n) is 1.77. The second-order valence-electron chi connectivity index (χ2n) is 4.88. The lowest BCUT2D eigenvalue weighted by Gasteiger charge is -2.08. The molecule has 0 saturated heterocycles. The van der Waals surface area contributed by atoms with E-state index in [0.29, 0.717) is 5.92 Å². The number of pyridine rings is 1. The Labute approximate surface area is 108 Å². The molecule has 0 unspecified atom stereocenters. The molecule has 4 nitrogen and oxygen atoms in total. The smallest absolute Gasteiger partial charge is 0.0949 e. The highest BCUT2D eigenvalue weighted by molar-refractivity contribution is 5.11. The molecule has 96 valence electrons. The Morgan fingerprint density at radius 2 is 2.11 bits per heavy atom. The minimum atomic E-state index is 0.666. The van der Waals surface area contributed by atoms with Crippen LogP contribution in [0, 0.1) is 5.92 Å². The summed E-state index contributed by atoms with van der Waals surface area (Å²) in [4.78, 5) is 8.67. The molecular weight excluding hydrogens is 224 g/mol. The number of rotatable bonds is 6. The van der Waals surface area contributed by atoms with Crippen molar-refractivity contribution in [2.45, 2.75) is 26.9 Å². The van der Waals surface area contributed by atoms with Crippen LogP contribution in [0.4, 0.5) is 0 Å². The Hall–Kier alpha value is -1.68. The van der Waals surface area contributed by atoms with Gasteiger partial charge in [-0.2, -0.15) is 0 Å². The van der Waals surface area contributed by atoms with E-state index in [-0.39, 0.29) is 0 Å². The van der Waals surface area contributed by atoms with Gasteiger partial charge in [-0.3, -0.25) is 4.98 Å². The van der Waals surface area contributed by atoms with Crippen molar-refractivity contribution in [3.63, 3.8) is 0 Å². The zero-order chi connectivity index (χ0) is 12.8. The average molecular weight is 244 g/mol. The van der Waals surface area contributed by atoms with E-state index in [1.165, 1.54) is 0 Å². The molecule has 0 radical (unpaired) electrons. The minimum absolute atomic E-state index is 0.666. The standard InChI is InChI=1S/C14H20N4/c1-12(2)8-16-9-13-4-3-5-14(17-13)10-18-7-6-15-11-18/h3-7,11-12,16H,8-10H2,1-2H3. The van der Waals surface area contributed by atoms with Crippen molar-refractivity contribution in [1.82, 2.24) is 19.9 Å². The van der Waals surface area contributed by atoms with Gasteiger partial charge in [0.05, 0.1) is 24.3 Å². The first kappa shape index (κ1) is 12.8. The monoisotopic (exact) mass is 244 g/mol. The van der Waals surface area contributed by atoms with Gasteiger partial charge in [-0.15, -0.1) is 0 Å². The Balaban J connectivity index is 1.92. The van der Waals surface area contributed by atoms with Gasteiger partial charge in [-0.1, -0.05) is 19.9 Å². The van der Waals surface area contributed by atoms with Gasteiger partial charge in [0.1, 0.15) is 0 Å². The molecule has 0 spiro atoms. The van der Waals surface area contributed by atoms with Crippen molar-refractivity contribution in [3.8, 4) is 0 Å². The Morgan fingerprint density at radius 1 is 1.28 bits per heavy atom. The summed E-state index contributed by atoms with van der Waals surface area (Å²) < 4.78 is 2.02. The van der Waals surface area contributed by atoms with Crippen LogP contribution in [-0.4, -0.2) is 21.1 Å². The van der Waals surface area contributed by atoms with Crippen molar-refractivity contribution < 1.29 is 0 Å². The lowest BCUT2D eigenvalue weighted by Crippen LogP contribution is -2.19. The molecule has 0 amide bonds. The minimum Gasteiger partial charge on any atom is -0.331 e. The van der Waals surface area contributed by atoms with Gasteiger partial charge >= 0.3 is 0 Å².